The smallest absolute Gasteiger partial charge is 0.0724 e. The van der Waals surface area contributed by atoms with E-state index in [9.17, 15) is 0 Å². The van der Waals surface area contributed by atoms with Gasteiger partial charge in [0.2, 0.25) is 0 Å². The largest absolute Gasteiger partial charge is 0.309 e. The molecule has 3 nitrogen and oxygen atoms in total. The topological polar surface area (TPSA) is 22.8 Å². The SMILES string of the molecule is c1ccc(-n2c3ccccc3c3c(-c4cccc5c4c4ccncc4n5-c4ccccc4)cccc32)cc1. The molecule has 8 aromatic rings. The molecule has 0 amide bonds. The van der Waals surface area contributed by atoms with Crippen LogP contribution in [0.3, 0.4) is 0 Å². The zero-order valence-electron chi connectivity index (χ0n) is 20.6. The fourth-order valence-electron chi connectivity index (χ4n) is 6.09. The van der Waals surface area contributed by atoms with Crippen molar-refractivity contribution >= 4 is 43.6 Å². The fraction of sp³-hybridized carbons (Fsp3) is 0. The highest BCUT2D eigenvalue weighted by molar-refractivity contribution is 6.22. The summed E-state index contributed by atoms with van der Waals surface area (Å²) in [5.74, 6) is 0. The Morgan fingerprint density at radius 3 is 1.53 bits per heavy atom. The summed E-state index contributed by atoms with van der Waals surface area (Å²) in [7, 11) is 0. The van der Waals surface area contributed by atoms with Crippen LogP contribution in [0.2, 0.25) is 0 Å². The van der Waals surface area contributed by atoms with Crippen LogP contribution in [0.4, 0.5) is 0 Å². The molecule has 0 bridgehead atoms. The number of nitrogens with zero attached hydrogens (tertiary/aromatic N) is 3. The Labute approximate surface area is 219 Å². The Morgan fingerprint density at radius 1 is 0.395 bits per heavy atom. The summed E-state index contributed by atoms with van der Waals surface area (Å²) in [5, 5.41) is 4.98. The van der Waals surface area contributed by atoms with E-state index < -0.39 is 0 Å². The quantitative estimate of drug-likeness (QED) is 0.245. The first-order valence-electron chi connectivity index (χ1n) is 12.9. The van der Waals surface area contributed by atoms with Gasteiger partial charge in [-0.25, -0.2) is 0 Å². The van der Waals surface area contributed by atoms with E-state index in [1.165, 1.54) is 54.9 Å². The first-order chi connectivity index (χ1) is 18.9. The molecule has 0 aliphatic heterocycles. The van der Waals surface area contributed by atoms with Crippen LogP contribution in [0.1, 0.15) is 0 Å². The molecule has 0 saturated carbocycles. The Morgan fingerprint density at radius 2 is 0.895 bits per heavy atom. The van der Waals surface area contributed by atoms with Gasteiger partial charge in [-0.2, -0.15) is 0 Å². The average Bonchev–Trinajstić information content (AvgIpc) is 3.51. The summed E-state index contributed by atoms with van der Waals surface area (Å²) >= 11 is 0. The van der Waals surface area contributed by atoms with Crippen molar-refractivity contribution in [2.45, 2.75) is 0 Å². The third-order valence-corrected chi connectivity index (χ3v) is 7.61. The number of rotatable bonds is 3. The zero-order valence-corrected chi connectivity index (χ0v) is 20.6. The van der Waals surface area contributed by atoms with Crippen molar-refractivity contribution in [2.24, 2.45) is 0 Å². The van der Waals surface area contributed by atoms with Gasteiger partial charge < -0.3 is 9.13 Å². The van der Waals surface area contributed by atoms with Gasteiger partial charge in [0.25, 0.3) is 0 Å². The number of fused-ring (bicyclic) bond motifs is 6. The molecule has 0 saturated heterocycles. The van der Waals surface area contributed by atoms with E-state index in [0.29, 0.717) is 0 Å². The minimum atomic E-state index is 1.11. The van der Waals surface area contributed by atoms with Gasteiger partial charge in [0, 0.05) is 39.1 Å². The van der Waals surface area contributed by atoms with Gasteiger partial charge in [-0.05, 0) is 59.7 Å². The summed E-state index contributed by atoms with van der Waals surface area (Å²) in [4.78, 5) is 4.50. The summed E-state index contributed by atoms with van der Waals surface area (Å²) in [6.07, 6.45) is 3.88. The maximum atomic E-state index is 4.50. The third-order valence-electron chi connectivity index (χ3n) is 7.61. The molecule has 0 spiro atoms. The van der Waals surface area contributed by atoms with Crippen LogP contribution in [-0.4, -0.2) is 14.1 Å². The van der Waals surface area contributed by atoms with Gasteiger partial charge in [0.1, 0.15) is 0 Å². The van der Waals surface area contributed by atoms with Crippen LogP contribution in [0, 0.1) is 0 Å². The van der Waals surface area contributed by atoms with E-state index in [-0.39, 0.29) is 0 Å². The molecule has 3 aromatic heterocycles. The van der Waals surface area contributed by atoms with Crippen molar-refractivity contribution in [1.29, 1.82) is 0 Å². The minimum Gasteiger partial charge on any atom is -0.309 e. The molecule has 0 fully saturated rings. The monoisotopic (exact) mass is 485 g/mol. The standard InChI is InChI=1S/C35H23N3/c1-3-11-24(12-4-1)37-30-18-8-7-15-28(30)34-26(16-9-19-31(34)37)27-17-10-20-32-35(27)29-21-22-36-23-33(29)38(32)25-13-5-2-6-14-25/h1-23H. The van der Waals surface area contributed by atoms with Gasteiger partial charge in [-0.1, -0.05) is 78.9 Å². The molecule has 0 radical (unpaired) electrons. The van der Waals surface area contributed by atoms with Gasteiger partial charge in [0.15, 0.2) is 0 Å². The molecule has 8 rings (SSSR count). The summed E-state index contributed by atoms with van der Waals surface area (Å²) < 4.78 is 4.71. The second kappa shape index (κ2) is 8.19. The molecule has 3 heterocycles. The lowest BCUT2D eigenvalue weighted by Crippen LogP contribution is -1.93. The van der Waals surface area contributed by atoms with Crippen LogP contribution >= 0.6 is 0 Å². The first-order valence-corrected chi connectivity index (χ1v) is 12.9. The lowest BCUT2D eigenvalue weighted by Gasteiger charge is -2.10. The molecule has 0 N–H and O–H groups in total. The second-order valence-electron chi connectivity index (χ2n) is 9.65. The third kappa shape index (κ3) is 2.93. The predicted molar refractivity (Wildman–Crippen MR) is 158 cm³/mol. The average molecular weight is 486 g/mol. The molecule has 0 aliphatic rings. The Kier molecular flexibility index (Phi) is 4.52. The van der Waals surface area contributed by atoms with E-state index in [0.717, 1.165) is 11.2 Å². The predicted octanol–water partition coefficient (Wildman–Crippen LogP) is 8.94. The molecular formula is C35H23N3. The van der Waals surface area contributed by atoms with Crippen LogP contribution in [0.15, 0.2) is 140 Å². The molecule has 5 aromatic carbocycles. The van der Waals surface area contributed by atoms with E-state index >= 15 is 0 Å². The number of aromatic nitrogens is 3. The zero-order chi connectivity index (χ0) is 25.1. The number of hydrogen-bond acceptors (Lipinski definition) is 1. The Balaban J connectivity index is 1.52. The van der Waals surface area contributed by atoms with Crippen molar-refractivity contribution in [3.05, 3.63) is 140 Å². The van der Waals surface area contributed by atoms with Crippen molar-refractivity contribution in [2.75, 3.05) is 0 Å². The fourth-order valence-corrected chi connectivity index (χ4v) is 6.09. The number of benzene rings is 5. The summed E-state index contributed by atoms with van der Waals surface area (Å²) in [6.45, 7) is 0. The second-order valence-corrected chi connectivity index (χ2v) is 9.65. The number of hydrogen-bond donors (Lipinski definition) is 0. The van der Waals surface area contributed by atoms with Gasteiger partial charge >= 0.3 is 0 Å². The molecule has 3 heteroatoms. The molecule has 178 valence electrons. The highest BCUT2D eigenvalue weighted by atomic mass is 15.0. The molecule has 0 unspecified atom stereocenters. The summed E-state index contributed by atoms with van der Waals surface area (Å²) in [5.41, 5.74) is 9.49. The van der Waals surface area contributed by atoms with E-state index in [2.05, 4.69) is 142 Å². The van der Waals surface area contributed by atoms with Crippen molar-refractivity contribution in [1.82, 2.24) is 14.1 Å². The summed E-state index contributed by atoms with van der Waals surface area (Å²) in [6, 6.07) is 45.4. The molecule has 0 atom stereocenters. The van der Waals surface area contributed by atoms with Crippen LogP contribution in [-0.2, 0) is 0 Å². The van der Waals surface area contributed by atoms with Gasteiger partial charge in [0.05, 0.1) is 28.3 Å². The maximum Gasteiger partial charge on any atom is 0.0724 e. The first kappa shape index (κ1) is 21.0. The Hall–Kier alpha value is -5.15. The van der Waals surface area contributed by atoms with Gasteiger partial charge in [-0.3, -0.25) is 4.98 Å². The van der Waals surface area contributed by atoms with Crippen LogP contribution in [0.25, 0.3) is 66.1 Å². The maximum absolute atomic E-state index is 4.50. The minimum absolute atomic E-state index is 1.11. The van der Waals surface area contributed by atoms with Crippen molar-refractivity contribution in [3.8, 4) is 22.5 Å². The number of pyridine rings is 1. The van der Waals surface area contributed by atoms with E-state index in [1.54, 1.807) is 0 Å². The molecular weight excluding hydrogens is 462 g/mol. The highest BCUT2D eigenvalue weighted by Gasteiger charge is 2.20. The van der Waals surface area contributed by atoms with Crippen LogP contribution in [0.5, 0.6) is 0 Å². The van der Waals surface area contributed by atoms with Gasteiger partial charge in [-0.15, -0.1) is 0 Å². The number of para-hydroxylation sites is 3. The highest BCUT2D eigenvalue weighted by Crippen LogP contribution is 2.43. The Bertz CT molecular complexity index is 1960. The lowest BCUT2D eigenvalue weighted by molar-refractivity contribution is 1.17. The lowest BCUT2D eigenvalue weighted by atomic mass is 9.95. The van der Waals surface area contributed by atoms with E-state index in [4.69, 9.17) is 0 Å². The van der Waals surface area contributed by atoms with Crippen molar-refractivity contribution < 1.29 is 0 Å². The van der Waals surface area contributed by atoms with Crippen molar-refractivity contribution in [3.63, 3.8) is 0 Å². The van der Waals surface area contributed by atoms with Crippen LogP contribution < -0.4 is 0 Å². The van der Waals surface area contributed by atoms with E-state index in [1.807, 2.05) is 12.4 Å². The molecule has 38 heavy (non-hydrogen) atoms. The normalized spacial score (nSPS) is 11.7. The molecule has 0 aliphatic carbocycles.